The second-order valence-electron chi connectivity index (χ2n) is 3.64. The van der Waals surface area contributed by atoms with Crippen LogP contribution in [0.25, 0.3) is 0 Å². The first-order valence-electron chi connectivity index (χ1n) is 5.55. The fraction of sp³-hybridized carbons (Fsp3) is 0.600. The van der Waals surface area contributed by atoms with E-state index in [1.54, 1.807) is 6.92 Å². The molecular formula is C10H15N3O5. The number of carbonyl (C=O) groups excluding carboxylic acids is 2. The summed E-state index contributed by atoms with van der Waals surface area (Å²) in [7, 11) is 0. The number of nitrogens with zero attached hydrogens (tertiary/aromatic N) is 1. The Bertz CT molecular complexity index is 380. The molecule has 3 N–H and O–H groups in total. The predicted molar refractivity (Wildman–Crippen MR) is 60.9 cm³/mol. The SMILES string of the molecule is CCNC(=O)CCNC(=O)C1CC(C(=O)O)=NO1. The van der Waals surface area contributed by atoms with Crippen LogP contribution < -0.4 is 10.6 Å². The standard InChI is InChI=1S/C10H15N3O5/c1-2-11-8(14)3-4-12-9(15)7-5-6(10(16)17)13-18-7/h7H,2-5H2,1H3,(H,11,14)(H,12,15)(H,16,17). The average molecular weight is 257 g/mol. The van der Waals surface area contributed by atoms with Gasteiger partial charge in [-0.15, -0.1) is 0 Å². The van der Waals surface area contributed by atoms with Crippen molar-refractivity contribution in [1.29, 1.82) is 0 Å². The Morgan fingerprint density at radius 1 is 1.44 bits per heavy atom. The predicted octanol–water partition coefficient (Wildman–Crippen LogP) is -1.14. The van der Waals surface area contributed by atoms with E-state index < -0.39 is 18.0 Å². The first kappa shape index (κ1) is 13.9. The fourth-order valence-corrected chi connectivity index (χ4v) is 1.34. The molecule has 1 heterocycles. The molecule has 1 atom stereocenters. The largest absolute Gasteiger partial charge is 0.477 e. The smallest absolute Gasteiger partial charge is 0.353 e. The van der Waals surface area contributed by atoms with Gasteiger partial charge in [0.2, 0.25) is 12.0 Å². The second-order valence-corrected chi connectivity index (χ2v) is 3.64. The molecule has 1 rings (SSSR count). The Kier molecular flexibility index (Phi) is 5.09. The van der Waals surface area contributed by atoms with Crippen LogP contribution in [0.4, 0.5) is 0 Å². The number of aliphatic carboxylic acids is 1. The highest BCUT2D eigenvalue weighted by Gasteiger charge is 2.31. The van der Waals surface area contributed by atoms with Crippen LogP contribution in [0.2, 0.25) is 0 Å². The van der Waals surface area contributed by atoms with E-state index in [4.69, 9.17) is 5.11 Å². The van der Waals surface area contributed by atoms with Gasteiger partial charge < -0.3 is 20.6 Å². The van der Waals surface area contributed by atoms with Gasteiger partial charge in [-0.2, -0.15) is 0 Å². The van der Waals surface area contributed by atoms with E-state index in [9.17, 15) is 14.4 Å². The monoisotopic (exact) mass is 257 g/mol. The molecule has 100 valence electrons. The molecule has 0 saturated heterocycles. The lowest BCUT2D eigenvalue weighted by molar-refractivity contribution is -0.131. The van der Waals surface area contributed by atoms with Crippen molar-refractivity contribution in [3.63, 3.8) is 0 Å². The van der Waals surface area contributed by atoms with Crippen LogP contribution in [0, 0.1) is 0 Å². The van der Waals surface area contributed by atoms with Crippen molar-refractivity contribution >= 4 is 23.5 Å². The molecule has 0 saturated carbocycles. The van der Waals surface area contributed by atoms with E-state index in [1.807, 2.05) is 0 Å². The van der Waals surface area contributed by atoms with Crippen molar-refractivity contribution in [1.82, 2.24) is 10.6 Å². The molecule has 1 unspecified atom stereocenters. The van der Waals surface area contributed by atoms with Gasteiger partial charge in [0.05, 0.1) is 0 Å². The summed E-state index contributed by atoms with van der Waals surface area (Å²) in [6.45, 7) is 2.51. The molecule has 0 aromatic rings. The lowest BCUT2D eigenvalue weighted by Crippen LogP contribution is -2.37. The van der Waals surface area contributed by atoms with Crippen LogP contribution in [0.1, 0.15) is 19.8 Å². The van der Waals surface area contributed by atoms with Gasteiger partial charge in [0, 0.05) is 25.9 Å². The Labute approximate surface area is 103 Å². The summed E-state index contributed by atoms with van der Waals surface area (Å²) in [5.41, 5.74) is -0.182. The molecule has 1 aliphatic heterocycles. The van der Waals surface area contributed by atoms with Crippen LogP contribution in [0.3, 0.4) is 0 Å². The summed E-state index contributed by atoms with van der Waals surface area (Å²) in [5, 5.41) is 17.0. The summed E-state index contributed by atoms with van der Waals surface area (Å²) in [6.07, 6.45) is -0.827. The van der Waals surface area contributed by atoms with E-state index in [-0.39, 0.29) is 31.0 Å². The van der Waals surface area contributed by atoms with Crippen LogP contribution in [-0.2, 0) is 19.2 Å². The van der Waals surface area contributed by atoms with Crippen LogP contribution in [-0.4, -0.2) is 47.8 Å². The van der Waals surface area contributed by atoms with E-state index in [0.717, 1.165) is 0 Å². The molecule has 0 bridgehead atoms. The summed E-state index contributed by atoms with van der Waals surface area (Å²) in [6, 6.07) is 0. The minimum Gasteiger partial charge on any atom is -0.477 e. The molecular weight excluding hydrogens is 242 g/mol. The molecule has 18 heavy (non-hydrogen) atoms. The molecule has 8 nitrogen and oxygen atoms in total. The molecule has 8 heteroatoms. The number of hydrogen-bond acceptors (Lipinski definition) is 5. The number of carboxylic acid groups (broad SMARTS) is 1. The van der Waals surface area contributed by atoms with Gasteiger partial charge in [0.15, 0.2) is 5.71 Å². The molecule has 0 aliphatic carbocycles. The minimum atomic E-state index is -1.20. The van der Waals surface area contributed by atoms with E-state index in [1.165, 1.54) is 0 Å². The summed E-state index contributed by atoms with van der Waals surface area (Å²) in [5.74, 6) is -1.83. The number of amides is 2. The van der Waals surface area contributed by atoms with Crippen molar-refractivity contribution in [2.75, 3.05) is 13.1 Å². The number of hydrogen-bond donors (Lipinski definition) is 3. The van der Waals surface area contributed by atoms with Crippen molar-refractivity contribution in [3.8, 4) is 0 Å². The topological polar surface area (TPSA) is 117 Å². The highest BCUT2D eigenvalue weighted by Crippen LogP contribution is 2.10. The Morgan fingerprint density at radius 3 is 2.72 bits per heavy atom. The van der Waals surface area contributed by atoms with Gasteiger partial charge in [0.1, 0.15) is 0 Å². The van der Waals surface area contributed by atoms with Crippen molar-refractivity contribution in [3.05, 3.63) is 0 Å². The number of carboxylic acids is 1. The minimum absolute atomic E-state index is 0.0671. The highest BCUT2D eigenvalue weighted by atomic mass is 16.6. The van der Waals surface area contributed by atoms with Crippen molar-refractivity contribution < 1.29 is 24.3 Å². The average Bonchev–Trinajstić information content (AvgIpc) is 2.78. The van der Waals surface area contributed by atoms with E-state index in [2.05, 4.69) is 20.6 Å². The number of rotatable bonds is 6. The Hall–Kier alpha value is -2.12. The van der Waals surface area contributed by atoms with Crippen LogP contribution in [0.5, 0.6) is 0 Å². The van der Waals surface area contributed by atoms with Gasteiger partial charge in [-0.25, -0.2) is 4.79 Å². The maximum absolute atomic E-state index is 11.5. The number of nitrogens with one attached hydrogen (secondary N) is 2. The van der Waals surface area contributed by atoms with E-state index in [0.29, 0.717) is 6.54 Å². The van der Waals surface area contributed by atoms with Crippen molar-refractivity contribution in [2.45, 2.75) is 25.9 Å². The molecule has 0 radical (unpaired) electrons. The lowest BCUT2D eigenvalue weighted by Gasteiger charge is -2.08. The van der Waals surface area contributed by atoms with Crippen molar-refractivity contribution in [2.24, 2.45) is 5.16 Å². The first-order valence-corrected chi connectivity index (χ1v) is 5.55. The zero-order chi connectivity index (χ0) is 13.5. The molecule has 2 amide bonds. The number of carbonyl (C=O) groups is 3. The number of oxime groups is 1. The quantitative estimate of drug-likeness (QED) is 0.556. The summed E-state index contributed by atoms with van der Waals surface area (Å²) < 4.78 is 0. The fourth-order valence-electron chi connectivity index (χ4n) is 1.34. The molecule has 0 aromatic heterocycles. The maximum atomic E-state index is 11.5. The lowest BCUT2D eigenvalue weighted by atomic mass is 10.1. The van der Waals surface area contributed by atoms with E-state index >= 15 is 0 Å². The summed E-state index contributed by atoms with van der Waals surface area (Å²) in [4.78, 5) is 37.8. The van der Waals surface area contributed by atoms with Gasteiger partial charge in [-0.05, 0) is 6.92 Å². The molecule has 0 aromatic carbocycles. The summed E-state index contributed by atoms with van der Waals surface area (Å²) >= 11 is 0. The highest BCUT2D eigenvalue weighted by molar-refractivity contribution is 6.36. The first-order chi connectivity index (χ1) is 8.54. The van der Waals surface area contributed by atoms with Crippen LogP contribution >= 0.6 is 0 Å². The maximum Gasteiger partial charge on any atom is 0.353 e. The van der Waals surface area contributed by atoms with Gasteiger partial charge in [0.25, 0.3) is 5.91 Å². The molecule has 0 spiro atoms. The Balaban J connectivity index is 2.23. The third kappa shape index (κ3) is 4.04. The zero-order valence-electron chi connectivity index (χ0n) is 9.93. The Morgan fingerprint density at radius 2 is 2.17 bits per heavy atom. The van der Waals surface area contributed by atoms with Gasteiger partial charge >= 0.3 is 5.97 Å². The van der Waals surface area contributed by atoms with Gasteiger partial charge in [-0.1, -0.05) is 5.16 Å². The third-order valence-corrected chi connectivity index (χ3v) is 2.23. The molecule has 1 aliphatic rings. The normalized spacial score (nSPS) is 17.6. The van der Waals surface area contributed by atoms with Gasteiger partial charge in [-0.3, -0.25) is 9.59 Å². The third-order valence-electron chi connectivity index (χ3n) is 2.23. The zero-order valence-corrected chi connectivity index (χ0v) is 9.93. The second kappa shape index (κ2) is 6.58. The molecule has 0 fully saturated rings. The van der Waals surface area contributed by atoms with Crippen LogP contribution in [0.15, 0.2) is 5.16 Å².